The number of carbonyl (C=O) groups is 1. The van der Waals surface area contributed by atoms with Crippen molar-refractivity contribution < 1.29 is 17.9 Å². The average Bonchev–Trinajstić information content (AvgIpc) is 3.08. The van der Waals surface area contributed by atoms with E-state index in [4.69, 9.17) is 4.74 Å². The van der Waals surface area contributed by atoms with Crippen LogP contribution < -0.4 is 10.1 Å². The summed E-state index contributed by atoms with van der Waals surface area (Å²) < 4.78 is 30.8. The monoisotopic (exact) mass is 391 g/mol. The van der Waals surface area contributed by atoms with Gasteiger partial charge in [-0.1, -0.05) is 6.07 Å². The van der Waals surface area contributed by atoms with Crippen LogP contribution in [0.15, 0.2) is 24.3 Å². The third kappa shape index (κ3) is 5.09. The highest BCUT2D eigenvalue weighted by molar-refractivity contribution is 7.91. The van der Waals surface area contributed by atoms with Crippen molar-refractivity contribution in [1.29, 1.82) is 0 Å². The van der Waals surface area contributed by atoms with Gasteiger partial charge in [0.15, 0.2) is 9.84 Å². The lowest BCUT2D eigenvalue weighted by molar-refractivity contribution is -0.116. The number of rotatable bonds is 6. The van der Waals surface area contributed by atoms with E-state index in [1.165, 1.54) is 0 Å². The van der Waals surface area contributed by atoms with E-state index in [0.29, 0.717) is 12.2 Å². The van der Waals surface area contributed by atoms with E-state index in [2.05, 4.69) is 16.5 Å². The van der Waals surface area contributed by atoms with Gasteiger partial charge in [-0.15, -0.1) is 0 Å². The molecular formula is C19H25N3O4S. The van der Waals surface area contributed by atoms with Gasteiger partial charge >= 0.3 is 0 Å². The molecule has 1 amide bonds. The zero-order chi connectivity index (χ0) is 19.6. The summed E-state index contributed by atoms with van der Waals surface area (Å²) in [6.07, 6.45) is 0.711. The predicted octanol–water partition coefficient (Wildman–Crippen LogP) is 2.58. The molecule has 0 spiro atoms. The standard InChI is InChI=1S/C19H25N3O4S/c1-13-8-14(2)10-17(9-13)26-6-4-19(23)20-18-11-15(3)21-22(18)16-5-7-27(24,25)12-16/h8-11,16H,4-7,12H2,1-3H3,(H,20,23). The zero-order valence-electron chi connectivity index (χ0n) is 15.9. The lowest BCUT2D eigenvalue weighted by atomic mass is 10.1. The second-order valence-electron chi connectivity index (χ2n) is 7.14. The van der Waals surface area contributed by atoms with Gasteiger partial charge in [0.05, 0.1) is 36.3 Å². The first-order valence-electron chi connectivity index (χ1n) is 8.99. The van der Waals surface area contributed by atoms with Gasteiger partial charge in [-0.25, -0.2) is 13.1 Å². The molecule has 1 aromatic heterocycles. The Morgan fingerprint density at radius 3 is 2.56 bits per heavy atom. The third-order valence-electron chi connectivity index (χ3n) is 4.47. The van der Waals surface area contributed by atoms with Gasteiger partial charge < -0.3 is 10.1 Å². The first-order chi connectivity index (χ1) is 12.7. The first-order valence-corrected chi connectivity index (χ1v) is 10.8. The van der Waals surface area contributed by atoms with Gasteiger partial charge in [-0.05, 0) is 50.5 Å². The molecule has 1 atom stereocenters. The van der Waals surface area contributed by atoms with E-state index >= 15 is 0 Å². The SMILES string of the molecule is Cc1cc(C)cc(OCCC(=O)Nc2cc(C)nn2C2CCS(=O)(=O)C2)c1. The molecule has 7 nitrogen and oxygen atoms in total. The molecule has 146 valence electrons. The second-order valence-corrected chi connectivity index (χ2v) is 9.37. The molecular weight excluding hydrogens is 366 g/mol. The largest absolute Gasteiger partial charge is 0.493 e. The third-order valence-corrected chi connectivity index (χ3v) is 6.22. The van der Waals surface area contributed by atoms with Crippen LogP contribution in [0.4, 0.5) is 5.82 Å². The Morgan fingerprint density at radius 2 is 1.93 bits per heavy atom. The second kappa shape index (κ2) is 7.72. The highest BCUT2D eigenvalue weighted by Gasteiger charge is 2.31. The molecule has 3 rings (SSSR count). The smallest absolute Gasteiger partial charge is 0.228 e. The Balaban J connectivity index is 1.58. The minimum atomic E-state index is -3.03. The van der Waals surface area contributed by atoms with Crippen LogP contribution in [0.3, 0.4) is 0 Å². The van der Waals surface area contributed by atoms with Crippen LogP contribution in [0.1, 0.15) is 35.7 Å². The van der Waals surface area contributed by atoms with E-state index < -0.39 is 9.84 Å². The Morgan fingerprint density at radius 1 is 1.22 bits per heavy atom. The van der Waals surface area contributed by atoms with Gasteiger partial charge in [-0.3, -0.25) is 4.79 Å². The molecule has 1 saturated heterocycles. The topological polar surface area (TPSA) is 90.3 Å². The molecule has 2 aromatic rings. The molecule has 0 radical (unpaired) electrons. The Bertz CT molecular complexity index is 930. The maximum absolute atomic E-state index is 12.3. The van der Waals surface area contributed by atoms with Crippen molar-refractivity contribution in [3.8, 4) is 5.75 Å². The number of hydrogen-bond acceptors (Lipinski definition) is 5. The number of anilines is 1. The van der Waals surface area contributed by atoms with Gasteiger partial charge in [0, 0.05) is 6.07 Å². The highest BCUT2D eigenvalue weighted by Crippen LogP contribution is 2.27. The van der Waals surface area contributed by atoms with Crippen LogP contribution in [0.5, 0.6) is 5.75 Å². The van der Waals surface area contributed by atoms with Crippen LogP contribution >= 0.6 is 0 Å². The molecule has 1 aromatic carbocycles. The number of ether oxygens (including phenoxy) is 1. The van der Waals surface area contributed by atoms with Crippen molar-refractivity contribution >= 4 is 21.6 Å². The van der Waals surface area contributed by atoms with E-state index in [1.54, 1.807) is 10.7 Å². The van der Waals surface area contributed by atoms with Gasteiger partial charge in [-0.2, -0.15) is 5.10 Å². The molecule has 1 N–H and O–H groups in total. The molecule has 1 aliphatic rings. The number of hydrogen-bond donors (Lipinski definition) is 1. The molecule has 1 aliphatic heterocycles. The minimum Gasteiger partial charge on any atom is -0.493 e. The number of sulfone groups is 1. The van der Waals surface area contributed by atoms with Gasteiger partial charge in [0.2, 0.25) is 5.91 Å². The van der Waals surface area contributed by atoms with Crippen molar-refractivity contribution in [3.05, 3.63) is 41.1 Å². The number of aromatic nitrogens is 2. The fraction of sp³-hybridized carbons (Fsp3) is 0.474. The predicted molar refractivity (Wildman–Crippen MR) is 104 cm³/mol. The molecule has 0 bridgehead atoms. The minimum absolute atomic E-state index is 0.0623. The summed E-state index contributed by atoms with van der Waals surface area (Å²) in [5.41, 5.74) is 2.96. The van der Waals surface area contributed by atoms with Gasteiger partial charge in [0.1, 0.15) is 11.6 Å². The number of benzene rings is 1. The number of carbonyl (C=O) groups excluding carboxylic acids is 1. The van der Waals surface area contributed by atoms with Crippen LogP contribution in [0.25, 0.3) is 0 Å². The summed E-state index contributed by atoms with van der Waals surface area (Å²) in [6.45, 7) is 6.08. The van der Waals surface area contributed by atoms with Crippen molar-refractivity contribution in [1.82, 2.24) is 9.78 Å². The lowest BCUT2D eigenvalue weighted by Crippen LogP contribution is -2.20. The van der Waals surface area contributed by atoms with Crippen LogP contribution in [-0.2, 0) is 14.6 Å². The average molecular weight is 391 g/mol. The molecule has 1 unspecified atom stereocenters. The summed E-state index contributed by atoms with van der Waals surface area (Å²) in [6, 6.07) is 7.46. The van der Waals surface area contributed by atoms with Crippen molar-refractivity contribution in [2.24, 2.45) is 0 Å². The lowest BCUT2D eigenvalue weighted by Gasteiger charge is -2.14. The normalized spacial score (nSPS) is 18.4. The van der Waals surface area contributed by atoms with Crippen LogP contribution in [0.2, 0.25) is 0 Å². The van der Waals surface area contributed by atoms with Crippen molar-refractivity contribution in [3.63, 3.8) is 0 Å². The van der Waals surface area contributed by atoms with E-state index in [-0.39, 0.29) is 36.5 Å². The summed E-state index contributed by atoms with van der Waals surface area (Å²) >= 11 is 0. The molecule has 2 heterocycles. The fourth-order valence-electron chi connectivity index (χ4n) is 3.34. The number of aryl methyl sites for hydroxylation is 3. The molecule has 0 aliphatic carbocycles. The van der Waals surface area contributed by atoms with Gasteiger partial charge in [0.25, 0.3) is 0 Å². The zero-order valence-corrected chi connectivity index (χ0v) is 16.7. The summed E-state index contributed by atoms with van der Waals surface area (Å²) in [5, 5.41) is 7.20. The van der Waals surface area contributed by atoms with E-state index in [1.807, 2.05) is 32.9 Å². The van der Waals surface area contributed by atoms with Crippen molar-refractivity contribution in [2.75, 3.05) is 23.4 Å². The van der Waals surface area contributed by atoms with E-state index in [9.17, 15) is 13.2 Å². The fourth-order valence-corrected chi connectivity index (χ4v) is 5.03. The number of nitrogens with one attached hydrogen (secondary N) is 1. The quantitative estimate of drug-likeness (QED) is 0.817. The van der Waals surface area contributed by atoms with Crippen LogP contribution in [0, 0.1) is 20.8 Å². The Labute approximate surface area is 159 Å². The Kier molecular flexibility index (Phi) is 5.55. The maximum atomic E-state index is 12.3. The maximum Gasteiger partial charge on any atom is 0.228 e. The van der Waals surface area contributed by atoms with E-state index in [0.717, 1.165) is 22.6 Å². The van der Waals surface area contributed by atoms with Crippen LogP contribution in [-0.4, -0.2) is 42.2 Å². The molecule has 0 saturated carbocycles. The summed E-state index contributed by atoms with van der Waals surface area (Å²) in [7, 11) is -3.03. The highest BCUT2D eigenvalue weighted by atomic mass is 32.2. The Hall–Kier alpha value is -2.35. The molecule has 1 fully saturated rings. The number of amides is 1. The van der Waals surface area contributed by atoms with Crippen molar-refractivity contribution in [2.45, 2.75) is 39.7 Å². The first kappa shape index (κ1) is 19.4. The molecule has 8 heteroatoms. The summed E-state index contributed by atoms with van der Waals surface area (Å²) in [5.74, 6) is 1.31. The number of nitrogens with zero attached hydrogens (tertiary/aromatic N) is 2. The summed E-state index contributed by atoms with van der Waals surface area (Å²) in [4.78, 5) is 12.3. The molecule has 27 heavy (non-hydrogen) atoms.